The summed E-state index contributed by atoms with van der Waals surface area (Å²) in [7, 11) is 0. The molecule has 0 bridgehead atoms. The Morgan fingerprint density at radius 3 is 1.12 bits per heavy atom. The van der Waals surface area contributed by atoms with Crippen LogP contribution in [-0.2, 0) is 9.47 Å². The molecule has 0 fully saturated rings. The predicted octanol–water partition coefficient (Wildman–Crippen LogP) is 5.96. The van der Waals surface area contributed by atoms with Crippen molar-refractivity contribution in [3.63, 3.8) is 0 Å². The Kier molecular flexibility index (Phi) is 6.46. The monoisotopic (exact) mass is 468 g/mol. The molecule has 0 aliphatic heterocycles. The van der Waals surface area contributed by atoms with Gasteiger partial charge in [0.25, 0.3) is 0 Å². The maximum absolute atomic E-state index is 13.4. The zero-order chi connectivity index (χ0) is 20.9. The molecular formula is C7Cl3F13O2. The van der Waals surface area contributed by atoms with Gasteiger partial charge in [0.2, 0.25) is 0 Å². The van der Waals surface area contributed by atoms with Crippen LogP contribution in [0.4, 0.5) is 57.1 Å². The average molecular weight is 469 g/mol. The van der Waals surface area contributed by atoms with E-state index in [-0.39, 0.29) is 0 Å². The number of alkyl halides is 16. The van der Waals surface area contributed by atoms with Gasteiger partial charge in [0, 0.05) is 0 Å². The van der Waals surface area contributed by atoms with E-state index in [9.17, 15) is 57.1 Å². The van der Waals surface area contributed by atoms with E-state index in [2.05, 4.69) is 34.8 Å². The fourth-order valence-corrected chi connectivity index (χ4v) is 1.22. The molecule has 0 N–H and O–H groups in total. The summed E-state index contributed by atoms with van der Waals surface area (Å²) in [6.45, 7) is 0. The smallest absolute Gasteiger partial charge is 0.258 e. The van der Waals surface area contributed by atoms with Crippen LogP contribution in [0.25, 0.3) is 0 Å². The maximum atomic E-state index is 13.4. The van der Waals surface area contributed by atoms with Crippen molar-refractivity contribution in [2.45, 2.75) is 40.3 Å². The van der Waals surface area contributed by atoms with Gasteiger partial charge in [-0.3, -0.25) is 4.74 Å². The largest absolute Gasteiger partial charge is 0.525 e. The van der Waals surface area contributed by atoms with Gasteiger partial charge in [-0.15, -0.1) is 13.2 Å². The Hall–Kier alpha value is -0.120. The maximum Gasteiger partial charge on any atom is 0.525 e. The molecule has 18 heteroatoms. The zero-order valence-electron chi connectivity index (χ0n) is 10.4. The molecule has 0 heterocycles. The fraction of sp³-hybridized carbons (Fsp3) is 1.00. The van der Waals surface area contributed by atoms with E-state index in [0.29, 0.717) is 0 Å². The average Bonchev–Trinajstić information content (AvgIpc) is 2.20. The molecule has 0 radical (unpaired) electrons. The van der Waals surface area contributed by atoms with Gasteiger partial charge in [-0.25, -0.2) is 4.74 Å². The van der Waals surface area contributed by atoms with Crippen LogP contribution in [0.15, 0.2) is 0 Å². The summed E-state index contributed by atoms with van der Waals surface area (Å²) in [5, 5.41) is -18.2. The van der Waals surface area contributed by atoms with Crippen molar-refractivity contribution in [2.75, 3.05) is 0 Å². The summed E-state index contributed by atoms with van der Waals surface area (Å²) in [5.74, 6) is -14.7. The van der Waals surface area contributed by atoms with Crippen LogP contribution in [0, 0.1) is 0 Å². The third-order valence-electron chi connectivity index (χ3n) is 1.98. The minimum Gasteiger partial charge on any atom is -0.258 e. The Morgan fingerprint density at radius 2 is 0.880 bits per heavy atom. The van der Waals surface area contributed by atoms with Crippen molar-refractivity contribution in [3.05, 3.63) is 0 Å². The quantitative estimate of drug-likeness (QED) is 0.339. The summed E-state index contributed by atoms with van der Waals surface area (Å²) < 4.78 is 168. The fourth-order valence-electron chi connectivity index (χ4n) is 0.930. The lowest BCUT2D eigenvalue weighted by atomic mass is 10.1. The van der Waals surface area contributed by atoms with Gasteiger partial charge < -0.3 is 0 Å². The van der Waals surface area contributed by atoms with Gasteiger partial charge in [-0.1, -0.05) is 0 Å². The summed E-state index contributed by atoms with van der Waals surface area (Å²) in [6, 6.07) is 0. The molecule has 0 aromatic carbocycles. The SMILES string of the molecule is FC(F)(F)OC(F)(C(F)(F)Cl)C(F)(F)C(F)(F)OC(F)(Cl)C(F)(F)Cl. The highest BCUT2D eigenvalue weighted by atomic mass is 35.5. The molecule has 2 unspecified atom stereocenters. The Bertz CT molecular complexity index is 481. The third kappa shape index (κ3) is 4.99. The van der Waals surface area contributed by atoms with Gasteiger partial charge in [0.1, 0.15) is 0 Å². The molecule has 0 spiro atoms. The lowest BCUT2D eigenvalue weighted by Crippen LogP contribution is -2.67. The number of hydrogen-bond donors (Lipinski definition) is 0. The van der Waals surface area contributed by atoms with E-state index in [1.54, 1.807) is 4.74 Å². The van der Waals surface area contributed by atoms with Gasteiger partial charge in [-0.05, 0) is 34.8 Å². The highest BCUT2D eigenvalue weighted by molar-refractivity contribution is 6.31. The molecule has 2 atom stereocenters. The predicted molar refractivity (Wildman–Crippen MR) is 53.2 cm³/mol. The summed E-state index contributed by atoms with van der Waals surface area (Å²) in [6.07, 6.45) is -14.0. The molecule has 0 aliphatic rings. The van der Waals surface area contributed by atoms with Crippen molar-refractivity contribution in [2.24, 2.45) is 0 Å². The van der Waals surface area contributed by atoms with Gasteiger partial charge >= 0.3 is 40.3 Å². The number of halogens is 16. The van der Waals surface area contributed by atoms with Gasteiger partial charge in [0.05, 0.1) is 0 Å². The lowest BCUT2D eigenvalue weighted by molar-refractivity contribution is -0.507. The number of rotatable bonds is 7. The van der Waals surface area contributed by atoms with E-state index >= 15 is 0 Å². The second-order valence-corrected chi connectivity index (χ2v) is 5.28. The van der Waals surface area contributed by atoms with Crippen LogP contribution in [0.5, 0.6) is 0 Å². The first-order valence-electron chi connectivity index (χ1n) is 4.84. The van der Waals surface area contributed by atoms with E-state index in [1.807, 2.05) is 4.74 Å². The summed E-state index contributed by atoms with van der Waals surface area (Å²) in [5.41, 5.74) is 0. The van der Waals surface area contributed by atoms with E-state index in [4.69, 9.17) is 0 Å². The Morgan fingerprint density at radius 1 is 0.520 bits per heavy atom. The highest BCUT2D eigenvalue weighted by Crippen LogP contribution is 2.58. The molecule has 2 nitrogen and oxygen atoms in total. The molecule has 0 rings (SSSR count). The molecule has 25 heavy (non-hydrogen) atoms. The molecule has 0 saturated heterocycles. The lowest BCUT2D eigenvalue weighted by Gasteiger charge is -2.40. The number of ether oxygens (including phenoxy) is 2. The summed E-state index contributed by atoms with van der Waals surface area (Å²) >= 11 is 11.3. The van der Waals surface area contributed by atoms with Crippen molar-refractivity contribution >= 4 is 34.8 Å². The van der Waals surface area contributed by atoms with Gasteiger partial charge in [-0.2, -0.15) is 43.9 Å². The van der Waals surface area contributed by atoms with Crippen LogP contribution >= 0.6 is 34.8 Å². The first-order valence-corrected chi connectivity index (χ1v) is 5.97. The minimum atomic E-state index is -7.55. The topological polar surface area (TPSA) is 18.5 Å². The van der Waals surface area contributed by atoms with Crippen LogP contribution in [-0.4, -0.2) is 40.3 Å². The van der Waals surface area contributed by atoms with E-state index < -0.39 is 40.3 Å². The van der Waals surface area contributed by atoms with Crippen LogP contribution in [0.2, 0.25) is 0 Å². The van der Waals surface area contributed by atoms with Crippen molar-refractivity contribution < 1.29 is 66.5 Å². The third-order valence-corrected chi connectivity index (χ3v) is 2.87. The first-order chi connectivity index (χ1) is 10.4. The number of hydrogen-bond acceptors (Lipinski definition) is 2. The zero-order valence-corrected chi connectivity index (χ0v) is 12.6. The van der Waals surface area contributed by atoms with Crippen LogP contribution in [0.3, 0.4) is 0 Å². The summed E-state index contributed by atoms with van der Waals surface area (Å²) in [4.78, 5) is 0. The molecule has 0 aromatic heterocycles. The molecule has 0 aromatic rings. The highest BCUT2D eigenvalue weighted by Gasteiger charge is 2.85. The second-order valence-electron chi connectivity index (χ2n) is 3.85. The van der Waals surface area contributed by atoms with Crippen molar-refractivity contribution in [3.8, 4) is 0 Å². The Labute approximate surface area is 142 Å². The van der Waals surface area contributed by atoms with Crippen molar-refractivity contribution in [1.29, 1.82) is 0 Å². The van der Waals surface area contributed by atoms with Crippen LogP contribution < -0.4 is 0 Å². The van der Waals surface area contributed by atoms with Crippen molar-refractivity contribution in [1.82, 2.24) is 0 Å². The van der Waals surface area contributed by atoms with Crippen LogP contribution in [0.1, 0.15) is 0 Å². The normalized spacial score (nSPS) is 20.2. The molecule has 0 saturated carbocycles. The Balaban J connectivity index is 6.19. The molecule has 0 aliphatic carbocycles. The molecule has 152 valence electrons. The first kappa shape index (κ1) is 24.9. The van der Waals surface area contributed by atoms with E-state index in [0.717, 1.165) is 0 Å². The van der Waals surface area contributed by atoms with Gasteiger partial charge in [0.15, 0.2) is 0 Å². The standard InChI is InChI=1S/C7Cl3F13O2/c8-3(14,15)2(13,24-7(21,22)23)1(11,12)6(19,20)25-5(10,18)4(9,16)17. The molecular weight excluding hydrogens is 469 g/mol. The molecule has 0 amide bonds. The minimum absolute atomic E-state index is 1.60. The van der Waals surface area contributed by atoms with E-state index in [1.165, 1.54) is 0 Å². The second kappa shape index (κ2) is 6.49.